The molecule has 8 heteroatoms. The summed E-state index contributed by atoms with van der Waals surface area (Å²) < 4.78 is 8.31. The first-order valence-electron chi connectivity index (χ1n) is 21.0. The lowest BCUT2D eigenvalue weighted by atomic mass is 9.59. The van der Waals surface area contributed by atoms with Crippen molar-refractivity contribution < 1.29 is 9.53 Å². The van der Waals surface area contributed by atoms with Gasteiger partial charge in [0, 0.05) is 36.0 Å². The molecule has 0 spiro atoms. The molecule has 2 unspecified atom stereocenters. The Bertz CT molecular complexity index is 1660. The smallest absolute Gasteiger partial charge is 0.331 e. The van der Waals surface area contributed by atoms with E-state index in [0.717, 1.165) is 42.7 Å². The maximum atomic E-state index is 14.7. The highest BCUT2D eigenvalue weighted by molar-refractivity contribution is 6.29. The van der Waals surface area contributed by atoms with Gasteiger partial charge in [-0.15, -0.1) is 5.10 Å². The number of carbonyl (C=O) groups excluding carboxylic acids is 1. The zero-order valence-corrected chi connectivity index (χ0v) is 36.4. The molecule has 1 aromatic heterocycles. The van der Waals surface area contributed by atoms with Gasteiger partial charge in [-0.05, 0) is 79.5 Å². The molecule has 0 N–H and O–H groups in total. The minimum Gasteiger partial charge on any atom is -0.459 e. The summed E-state index contributed by atoms with van der Waals surface area (Å²) in [6.07, 6.45) is 11.5. The quantitative estimate of drug-likeness (QED) is 0.109. The first-order chi connectivity index (χ1) is 25.2. The first kappa shape index (κ1) is 43.3. The van der Waals surface area contributed by atoms with Crippen LogP contribution >= 0.6 is 0 Å². The summed E-state index contributed by atoms with van der Waals surface area (Å²) in [5.41, 5.74) is 3.88. The third-order valence-corrected chi connectivity index (χ3v) is 11.7. The molecule has 0 radical (unpaired) electrons. The predicted octanol–water partition coefficient (Wildman–Crippen LogP) is 12.0. The number of allylic oxidation sites excluding steroid dienone is 1. The number of esters is 1. The Hall–Kier alpha value is -3.47. The number of benzene rings is 1. The average Bonchev–Trinajstić information content (AvgIpc) is 3.63. The van der Waals surface area contributed by atoms with Crippen molar-refractivity contribution in [3.8, 4) is 0 Å². The van der Waals surface area contributed by atoms with Crippen LogP contribution in [0.5, 0.6) is 0 Å². The highest BCUT2D eigenvalue weighted by Gasteiger charge is 2.49. The maximum absolute atomic E-state index is 14.7. The van der Waals surface area contributed by atoms with Gasteiger partial charge in [0.1, 0.15) is 11.7 Å². The number of aliphatic imine (C=N–C) groups is 1. The van der Waals surface area contributed by atoms with Crippen molar-refractivity contribution in [2.24, 2.45) is 33.6 Å². The number of rotatable bonds is 14. The Labute approximate surface area is 328 Å². The predicted molar refractivity (Wildman–Crippen MR) is 225 cm³/mol. The summed E-state index contributed by atoms with van der Waals surface area (Å²) in [7, 11) is 0. The van der Waals surface area contributed by atoms with E-state index in [1.807, 2.05) is 0 Å². The number of ether oxygens (including phenoxy) is 1. The van der Waals surface area contributed by atoms with Crippen LogP contribution < -0.4 is 4.90 Å². The van der Waals surface area contributed by atoms with Crippen LogP contribution in [0.1, 0.15) is 170 Å². The molecule has 8 nitrogen and oxygen atoms in total. The summed E-state index contributed by atoms with van der Waals surface area (Å²) in [6, 6.07) is 4.48. The molecule has 4 rings (SSSR count). The Kier molecular flexibility index (Phi) is 14.1. The zero-order valence-electron chi connectivity index (χ0n) is 36.4. The van der Waals surface area contributed by atoms with E-state index in [1.165, 1.54) is 57.1 Å². The molecular formula is C46H72N6O2. The topological polar surface area (TPSA) is 77.0 Å². The Morgan fingerprint density at radius 2 is 1.41 bits per heavy atom. The Balaban J connectivity index is 1.81. The minimum absolute atomic E-state index is 0.0658. The van der Waals surface area contributed by atoms with Crippen LogP contribution in [0.15, 0.2) is 22.8 Å². The minimum atomic E-state index is -0.506. The summed E-state index contributed by atoms with van der Waals surface area (Å²) in [5, 5.41) is 4.91. The molecule has 54 heavy (non-hydrogen) atoms. The van der Waals surface area contributed by atoms with E-state index < -0.39 is 5.97 Å². The molecule has 0 amide bonds. The number of hydrogen-bond acceptors (Lipinski definition) is 6. The molecule has 1 saturated carbocycles. The summed E-state index contributed by atoms with van der Waals surface area (Å²) in [4.78, 5) is 31.3. The molecule has 1 aromatic carbocycles. The van der Waals surface area contributed by atoms with Gasteiger partial charge in [0.2, 0.25) is 5.70 Å². The van der Waals surface area contributed by atoms with Crippen molar-refractivity contribution in [3.63, 3.8) is 0 Å². The van der Waals surface area contributed by atoms with Crippen molar-refractivity contribution in [1.82, 2.24) is 14.8 Å². The lowest BCUT2D eigenvalue weighted by Gasteiger charge is -2.50. The molecule has 2 aliphatic rings. The van der Waals surface area contributed by atoms with Crippen molar-refractivity contribution in [2.75, 3.05) is 18.0 Å². The van der Waals surface area contributed by atoms with Crippen LogP contribution in [0, 0.1) is 49.0 Å². The SMILES string of the molecule is [C-]#[N+]C1=C(C(=O)OC2C(C(C)(C)C)CC(C)CC2C(C)(C)C)c2nc(C(C)(C)C)nn2C1=Nc1c(C)cc(N(CCCCCC)CCCCCC)cc1C. The summed E-state index contributed by atoms with van der Waals surface area (Å²) in [6.45, 7) is 41.2. The number of fused-ring (bicyclic) bond motifs is 1. The van der Waals surface area contributed by atoms with Gasteiger partial charge in [0.25, 0.3) is 0 Å². The van der Waals surface area contributed by atoms with E-state index in [-0.39, 0.29) is 45.5 Å². The molecule has 2 aromatic rings. The molecule has 1 fully saturated rings. The first-order valence-corrected chi connectivity index (χ1v) is 21.0. The second kappa shape index (κ2) is 17.5. The molecule has 0 bridgehead atoms. The van der Waals surface area contributed by atoms with E-state index >= 15 is 0 Å². The van der Waals surface area contributed by atoms with E-state index in [4.69, 9.17) is 26.4 Å². The second-order valence-electron chi connectivity index (χ2n) is 19.6. The molecular weight excluding hydrogens is 669 g/mol. The number of anilines is 1. The van der Waals surface area contributed by atoms with E-state index in [2.05, 4.69) is 119 Å². The van der Waals surface area contributed by atoms with E-state index in [9.17, 15) is 4.79 Å². The fraction of sp³-hybridized carbons (Fsp3) is 0.717. The molecule has 0 saturated heterocycles. The lowest BCUT2D eigenvalue weighted by Crippen LogP contribution is -2.49. The molecule has 2 atom stereocenters. The van der Waals surface area contributed by atoms with Crippen LogP contribution in [-0.2, 0) is 14.9 Å². The van der Waals surface area contributed by atoms with Crippen molar-refractivity contribution >= 4 is 28.8 Å². The van der Waals surface area contributed by atoms with Crippen LogP contribution in [0.4, 0.5) is 11.4 Å². The van der Waals surface area contributed by atoms with Crippen molar-refractivity contribution in [2.45, 2.75) is 173 Å². The molecule has 298 valence electrons. The molecule has 1 aliphatic heterocycles. The van der Waals surface area contributed by atoms with Crippen LogP contribution in [0.2, 0.25) is 0 Å². The normalized spacial score (nSPS) is 21.4. The number of carbonyl (C=O) groups is 1. The third kappa shape index (κ3) is 10.0. The van der Waals surface area contributed by atoms with Crippen molar-refractivity contribution in [3.05, 3.63) is 52.0 Å². The number of aromatic nitrogens is 3. The number of hydrogen-bond donors (Lipinski definition) is 0. The largest absolute Gasteiger partial charge is 0.459 e. The standard InChI is InChI=1S/C46H72N6O2/c1-16-18-20-22-24-51(25-23-21-19-17-2)33-28-31(4)37(32(5)29-33)48-41-38(47-15)36(40-49-43(46(12,13)14)50-52(40)41)42(53)54-39-34(44(6,7)8)26-30(3)27-35(39)45(9,10)11/h28-30,34-35,39H,16-27H2,1-14H3. The number of unbranched alkanes of at least 4 members (excludes halogenated alkanes) is 6. The highest BCUT2D eigenvalue weighted by atomic mass is 16.5. The van der Waals surface area contributed by atoms with Gasteiger partial charge in [0.05, 0.1) is 12.3 Å². The molecule has 1 aliphatic carbocycles. The van der Waals surface area contributed by atoms with Crippen LogP contribution in [-0.4, -0.2) is 45.8 Å². The molecule has 2 heterocycles. The second-order valence-corrected chi connectivity index (χ2v) is 19.6. The van der Waals surface area contributed by atoms with Gasteiger partial charge >= 0.3 is 5.97 Å². The van der Waals surface area contributed by atoms with E-state index in [0.29, 0.717) is 23.4 Å². The van der Waals surface area contributed by atoms with Crippen LogP contribution in [0.25, 0.3) is 10.4 Å². The van der Waals surface area contributed by atoms with Gasteiger partial charge in [0.15, 0.2) is 17.5 Å². The van der Waals surface area contributed by atoms with Gasteiger partial charge in [-0.2, -0.15) is 0 Å². The van der Waals surface area contributed by atoms with E-state index in [1.54, 1.807) is 4.68 Å². The van der Waals surface area contributed by atoms with Crippen LogP contribution in [0.3, 0.4) is 0 Å². The Morgan fingerprint density at radius 1 is 0.889 bits per heavy atom. The van der Waals surface area contributed by atoms with Gasteiger partial charge < -0.3 is 9.64 Å². The Morgan fingerprint density at radius 3 is 1.85 bits per heavy atom. The summed E-state index contributed by atoms with van der Waals surface area (Å²) in [5.74, 6) is 1.64. The van der Waals surface area contributed by atoms with Gasteiger partial charge in [-0.25, -0.2) is 24.3 Å². The third-order valence-electron chi connectivity index (χ3n) is 11.7. The lowest BCUT2D eigenvalue weighted by molar-refractivity contribution is -0.162. The van der Waals surface area contributed by atoms with Gasteiger partial charge in [-0.1, -0.05) is 122 Å². The highest BCUT2D eigenvalue weighted by Crippen LogP contribution is 2.50. The monoisotopic (exact) mass is 741 g/mol. The van der Waals surface area contributed by atoms with Crippen molar-refractivity contribution in [1.29, 1.82) is 0 Å². The maximum Gasteiger partial charge on any atom is 0.331 e. The van der Waals surface area contributed by atoms with Gasteiger partial charge in [-0.3, -0.25) is 0 Å². The fourth-order valence-corrected chi connectivity index (χ4v) is 8.43. The number of aryl methyl sites for hydroxylation is 2. The fourth-order valence-electron chi connectivity index (χ4n) is 8.43. The zero-order chi connectivity index (χ0) is 40.2. The average molecular weight is 741 g/mol. The summed E-state index contributed by atoms with van der Waals surface area (Å²) >= 11 is 0. The number of nitrogens with zero attached hydrogens (tertiary/aromatic N) is 6.